The van der Waals surface area contributed by atoms with Gasteiger partial charge in [-0.25, -0.2) is 9.18 Å². The Morgan fingerprint density at radius 2 is 1.86 bits per heavy atom. The minimum atomic E-state index is -0.905. The van der Waals surface area contributed by atoms with E-state index in [1.165, 1.54) is 25.3 Å². The summed E-state index contributed by atoms with van der Waals surface area (Å²) in [6.07, 6.45) is -0.905. The zero-order chi connectivity index (χ0) is 15.2. The van der Waals surface area contributed by atoms with E-state index in [1.807, 2.05) is 19.1 Å². The highest BCUT2D eigenvalue weighted by Gasteiger charge is 2.14. The summed E-state index contributed by atoms with van der Waals surface area (Å²) < 4.78 is 28.7. The molecule has 0 bridgehead atoms. The highest BCUT2D eigenvalue weighted by molar-refractivity contribution is 5.64. The van der Waals surface area contributed by atoms with Crippen LogP contribution in [0.25, 0.3) is 0 Å². The van der Waals surface area contributed by atoms with Crippen LogP contribution in [0.3, 0.4) is 0 Å². The van der Waals surface area contributed by atoms with Crippen LogP contribution in [0.1, 0.15) is 11.1 Å². The molecule has 110 valence electrons. The van der Waals surface area contributed by atoms with Gasteiger partial charge in [-0.05, 0) is 31.2 Å². The zero-order valence-electron chi connectivity index (χ0n) is 11.8. The summed E-state index contributed by atoms with van der Waals surface area (Å²) in [7, 11) is 1.18. The average Bonchev–Trinajstić information content (AvgIpc) is 2.48. The first-order valence-corrected chi connectivity index (χ1v) is 6.33. The van der Waals surface area contributed by atoms with Crippen LogP contribution >= 0.6 is 0 Å². The normalized spacial score (nSPS) is 10.0. The molecule has 4 nitrogen and oxygen atoms in total. The first kappa shape index (κ1) is 14.8. The predicted octanol–water partition coefficient (Wildman–Crippen LogP) is 3.86. The Morgan fingerprint density at radius 1 is 1.14 bits per heavy atom. The Labute approximate surface area is 122 Å². The molecule has 2 aromatic rings. The van der Waals surface area contributed by atoms with Crippen molar-refractivity contribution in [1.82, 2.24) is 0 Å². The first-order chi connectivity index (χ1) is 10.1. The molecule has 0 saturated carbocycles. The number of hydrogen-bond acceptors (Lipinski definition) is 4. The molecule has 5 heteroatoms. The van der Waals surface area contributed by atoms with Crippen LogP contribution in [0.2, 0.25) is 0 Å². The van der Waals surface area contributed by atoms with E-state index in [1.54, 1.807) is 12.1 Å². The van der Waals surface area contributed by atoms with E-state index in [-0.39, 0.29) is 17.9 Å². The monoisotopic (exact) mass is 290 g/mol. The predicted molar refractivity (Wildman–Crippen MR) is 74.9 cm³/mol. The lowest BCUT2D eigenvalue weighted by molar-refractivity contribution is 0.120. The lowest BCUT2D eigenvalue weighted by Gasteiger charge is -2.11. The highest BCUT2D eigenvalue weighted by Crippen LogP contribution is 2.24. The van der Waals surface area contributed by atoms with Crippen LogP contribution in [0.4, 0.5) is 9.18 Å². The number of ether oxygens (including phenoxy) is 3. The summed E-state index contributed by atoms with van der Waals surface area (Å²) in [6.45, 7) is 1.91. The number of carbonyl (C=O) groups is 1. The van der Waals surface area contributed by atoms with E-state index in [9.17, 15) is 9.18 Å². The number of benzene rings is 2. The Kier molecular flexibility index (Phi) is 4.77. The molecule has 0 atom stereocenters. The van der Waals surface area contributed by atoms with Crippen LogP contribution in [-0.4, -0.2) is 13.3 Å². The third kappa shape index (κ3) is 3.95. The molecule has 21 heavy (non-hydrogen) atoms. The van der Waals surface area contributed by atoms with Gasteiger partial charge in [-0.1, -0.05) is 23.8 Å². The molecule has 2 aromatic carbocycles. The van der Waals surface area contributed by atoms with Gasteiger partial charge in [0.2, 0.25) is 0 Å². The quantitative estimate of drug-likeness (QED) is 0.633. The van der Waals surface area contributed by atoms with Crippen molar-refractivity contribution in [3.8, 4) is 11.5 Å². The average molecular weight is 290 g/mol. The molecule has 0 fully saturated rings. The van der Waals surface area contributed by atoms with Gasteiger partial charge >= 0.3 is 6.16 Å². The topological polar surface area (TPSA) is 44.8 Å². The van der Waals surface area contributed by atoms with Crippen molar-refractivity contribution in [3.63, 3.8) is 0 Å². The van der Waals surface area contributed by atoms with Crippen molar-refractivity contribution in [2.24, 2.45) is 0 Å². The van der Waals surface area contributed by atoms with Gasteiger partial charge in [0.05, 0.1) is 12.7 Å². The number of carbonyl (C=O) groups excluding carboxylic acids is 1. The zero-order valence-corrected chi connectivity index (χ0v) is 11.8. The van der Waals surface area contributed by atoms with E-state index in [0.29, 0.717) is 5.75 Å². The van der Waals surface area contributed by atoms with Gasteiger partial charge in [-0.15, -0.1) is 0 Å². The Morgan fingerprint density at radius 3 is 2.52 bits per heavy atom. The number of methoxy groups -OCH3 is 1. The van der Waals surface area contributed by atoms with Gasteiger partial charge in [-0.3, -0.25) is 0 Å². The Bertz CT molecular complexity index is 623. The van der Waals surface area contributed by atoms with Gasteiger partial charge in [-0.2, -0.15) is 0 Å². The molecule has 0 aliphatic carbocycles. The maximum atomic E-state index is 13.9. The molecule has 0 spiro atoms. The van der Waals surface area contributed by atoms with Gasteiger partial charge in [0, 0.05) is 0 Å². The summed E-state index contributed by atoms with van der Waals surface area (Å²) >= 11 is 0. The molecule has 0 aromatic heterocycles. The molecule has 0 aliphatic heterocycles. The maximum absolute atomic E-state index is 13.9. The largest absolute Gasteiger partial charge is 0.513 e. The summed E-state index contributed by atoms with van der Waals surface area (Å²) in [4.78, 5) is 11.1. The minimum absolute atomic E-state index is 0.0535. The third-order valence-electron chi connectivity index (χ3n) is 2.84. The second-order valence-corrected chi connectivity index (χ2v) is 4.37. The van der Waals surface area contributed by atoms with Crippen molar-refractivity contribution in [3.05, 3.63) is 59.4 Å². The van der Waals surface area contributed by atoms with Crippen LogP contribution in [0.5, 0.6) is 11.5 Å². The summed E-state index contributed by atoms with van der Waals surface area (Å²) in [5, 5.41) is 0. The maximum Gasteiger partial charge on any atom is 0.513 e. The van der Waals surface area contributed by atoms with Crippen molar-refractivity contribution in [2.75, 3.05) is 7.11 Å². The van der Waals surface area contributed by atoms with Crippen LogP contribution in [0, 0.1) is 12.7 Å². The molecule has 0 N–H and O–H groups in total. The SMILES string of the molecule is COC(=O)Oc1cccc(F)c1COc1ccc(C)cc1. The third-order valence-corrected chi connectivity index (χ3v) is 2.84. The Hall–Kier alpha value is -2.56. The fourth-order valence-electron chi connectivity index (χ4n) is 1.70. The fraction of sp³-hybridized carbons (Fsp3) is 0.188. The molecule has 2 rings (SSSR count). The number of aryl methyl sites for hydroxylation is 1. The van der Waals surface area contributed by atoms with E-state index in [0.717, 1.165) is 5.56 Å². The van der Waals surface area contributed by atoms with Crippen molar-refractivity contribution >= 4 is 6.16 Å². The second-order valence-electron chi connectivity index (χ2n) is 4.37. The summed E-state index contributed by atoms with van der Waals surface area (Å²) in [6, 6.07) is 11.6. The molecule has 0 heterocycles. The molecule has 0 radical (unpaired) electrons. The van der Waals surface area contributed by atoms with E-state index >= 15 is 0 Å². The molecule has 0 saturated heterocycles. The molecular formula is C16H15FO4. The van der Waals surface area contributed by atoms with Crippen LogP contribution < -0.4 is 9.47 Å². The number of halogens is 1. The van der Waals surface area contributed by atoms with Crippen LogP contribution in [-0.2, 0) is 11.3 Å². The van der Waals surface area contributed by atoms with Gasteiger partial charge in [0.1, 0.15) is 23.9 Å². The molecule has 0 unspecified atom stereocenters. The van der Waals surface area contributed by atoms with E-state index < -0.39 is 12.0 Å². The second kappa shape index (κ2) is 6.74. The van der Waals surface area contributed by atoms with Gasteiger partial charge in [0.25, 0.3) is 0 Å². The van der Waals surface area contributed by atoms with E-state index in [2.05, 4.69) is 4.74 Å². The van der Waals surface area contributed by atoms with Crippen LogP contribution in [0.15, 0.2) is 42.5 Å². The van der Waals surface area contributed by atoms with Crippen molar-refractivity contribution < 1.29 is 23.4 Å². The standard InChI is InChI=1S/C16H15FO4/c1-11-6-8-12(9-7-11)20-10-13-14(17)4-3-5-15(13)21-16(18)19-2/h3-9H,10H2,1-2H3. The fourth-order valence-corrected chi connectivity index (χ4v) is 1.70. The summed E-state index contributed by atoms with van der Waals surface area (Å²) in [5.41, 5.74) is 1.26. The van der Waals surface area contributed by atoms with Gasteiger partial charge in [0.15, 0.2) is 0 Å². The lowest BCUT2D eigenvalue weighted by atomic mass is 10.2. The smallest absolute Gasteiger partial charge is 0.489 e. The van der Waals surface area contributed by atoms with Crippen molar-refractivity contribution in [1.29, 1.82) is 0 Å². The molecule has 0 aliphatic rings. The van der Waals surface area contributed by atoms with Crippen molar-refractivity contribution in [2.45, 2.75) is 13.5 Å². The Balaban J connectivity index is 2.14. The molecule has 0 amide bonds. The first-order valence-electron chi connectivity index (χ1n) is 6.33. The molecular weight excluding hydrogens is 275 g/mol. The number of hydrogen-bond donors (Lipinski definition) is 0. The lowest BCUT2D eigenvalue weighted by Crippen LogP contribution is -2.10. The van der Waals surface area contributed by atoms with Gasteiger partial charge < -0.3 is 14.2 Å². The highest BCUT2D eigenvalue weighted by atomic mass is 19.1. The summed E-state index contributed by atoms with van der Waals surface area (Å²) in [5.74, 6) is 0.172. The number of rotatable bonds is 4. The minimum Gasteiger partial charge on any atom is -0.489 e. The van der Waals surface area contributed by atoms with E-state index in [4.69, 9.17) is 9.47 Å².